The van der Waals surface area contributed by atoms with E-state index in [1.165, 1.54) is 6.07 Å². The first-order valence-corrected chi connectivity index (χ1v) is 10.4. The van der Waals surface area contributed by atoms with Crippen molar-refractivity contribution in [1.82, 2.24) is 5.32 Å². The van der Waals surface area contributed by atoms with Gasteiger partial charge in [0.1, 0.15) is 11.9 Å². The minimum atomic E-state index is -0.541. The molecule has 1 amide bonds. The van der Waals surface area contributed by atoms with E-state index >= 15 is 0 Å². The molecule has 0 unspecified atom stereocenters. The summed E-state index contributed by atoms with van der Waals surface area (Å²) in [5.41, 5.74) is 0.526. The van der Waals surface area contributed by atoms with Crippen LogP contribution in [0.4, 0.5) is 4.39 Å². The monoisotopic (exact) mass is 402 g/mol. The number of nitrogens with one attached hydrogen (secondary N) is 1. The fourth-order valence-electron chi connectivity index (χ4n) is 3.88. The standard InChI is InChI=1S/C21H23FN2O3S/c22-18-6-2-1-5-17(18)19-12-15(27-24-19)13-21(7-9-26-10-8-21)20(25)23-14-16-4-3-11-28-16/h1-6,11,15H,7-10,12-14H2,(H,23,25)/t15-/m0/s1. The van der Waals surface area contributed by atoms with Crippen LogP contribution < -0.4 is 5.32 Å². The van der Waals surface area contributed by atoms with Crippen LogP contribution in [-0.4, -0.2) is 30.9 Å². The van der Waals surface area contributed by atoms with Crippen LogP contribution in [0, 0.1) is 11.2 Å². The second-order valence-corrected chi connectivity index (χ2v) is 8.34. The molecule has 1 aromatic heterocycles. The summed E-state index contributed by atoms with van der Waals surface area (Å²) in [6, 6.07) is 10.6. The Balaban J connectivity index is 1.42. The number of carbonyl (C=O) groups excluding carboxylic acids is 1. The zero-order valence-corrected chi connectivity index (χ0v) is 16.3. The number of hydrogen-bond acceptors (Lipinski definition) is 5. The van der Waals surface area contributed by atoms with Crippen LogP contribution in [0.2, 0.25) is 0 Å². The highest BCUT2D eigenvalue weighted by atomic mass is 32.1. The molecule has 4 rings (SSSR count). The van der Waals surface area contributed by atoms with Crippen molar-refractivity contribution < 1.29 is 18.8 Å². The molecular formula is C21H23FN2O3S. The molecule has 28 heavy (non-hydrogen) atoms. The Morgan fingerprint density at radius 2 is 2.07 bits per heavy atom. The minimum absolute atomic E-state index is 0.0344. The Labute approximate surface area is 167 Å². The third-order valence-electron chi connectivity index (χ3n) is 5.47. The second kappa shape index (κ2) is 8.41. The largest absolute Gasteiger partial charge is 0.392 e. The summed E-state index contributed by atoms with van der Waals surface area (Å²) in [7, 11) is 0. The highest BCUT2D eigenvalue weighted by molar-refractivity contribution is 7.09. The summed E-state index contributed by atoms with van der Waals surface area (Å²) in [5, 5.41) is 9.19. The SMILES string of the molecule is O=C(NCc1cccs1)C1(C[C@@H]2CC(c3ccccc3F)=NO2)CCOCC1. The number of benzene rings is 1. The Morgan fingerprint density at radius 3 is 2.82 bits per heavy atom. The lowest BCUT2D eigenvalue weighted by atomic mass is 9.74. The van der Waals surface area contributed by atoms with Crippen molar-refractivity contribution in [3.63, 3.8) is 0 Å². The van der Waals surface area contributed by atoms with Gasteiger partial charge in [0.2, 0.25) is 5.91 Å². The molecule has 1 N–H and O–H groups in total. The smallest absolute Gasteiger partial charge is 0.226 e. The highest BCUT2D eigenvalue weighted by Gasteiger charge is 2.43. The van der Waals surface area contributed by atoms with E-state index < -0.39 is 5.41 Å². The van der Waals surface area contributed by atoms with Gasteiger partial charge in [0.05, 0.1) is 17.7 Å². The molecule has 0 bridgehead atoms. The number of carbonyl (C=O) groups is 1. The van der Waals surface area contributed by atoms with Crippen LogP contribution in [0.5, 0.6) is 0 Å². The number of nitrogens with zero attached hydrogens (tertiary/aromatic N) is 1. The molecule has 1 fully saturated rings. The molecule has 5 nitrogen and oxygen atoms in total. The fourth-order valence-corrected chi connectivity index (χ4v) is 4.53. The molecule has 148 valence electrons. The molecule has 0 spiro atoms. The molecule has 3 heterocycles. The van der Waals surface area contributed by atoms with Gasteiger partial charge in [-0.2, -0.15) is 0 Å². The molecule has 1 saturated heterocycles. The third kappa shape index (κ3) is 4.10. The normalized spacial score (nSPS) is 21.0. The summed E-state index contributed by atoms with van der Waals surface area (Å²) in [5.74, 6) is -0.271. The molecule has 1 atom stereocenters. The number of halogens is 1. The summed E-state index contributed by atoms with van der Waals surface area (Å²) in [6.07, 6.45) is 2.12. The molecule has 0 radical (unpaired) electrons. The van der Waals surface area contributed by atoms with Crippen LogP contribution in [-0.2, 0) is 20.9 Å². The van der Waals surface area contributed by atoms with Gasteiger partial charge in [-0.15, -0.1) is 11.3 Å². The topological polar surface area (TPSA) is 59.9 Å². The van der Waals surface area contributed by atoms with E-state index in [-0.39, 0.29) is 17.8 Å². The molecule has 2 aromatic rings. The zero-order chi connectivity index (χ0) is 19.4. The van der Waals surface area contributed by atoms with Crippen molar-refractivity contribution in [2.75, 3.05) is 13.2 Å². The van der Waals surface area contributed by atoms with Gasteiger partial charge in [-0.25, -0.2) is 4.39 Å². The summed E-state index contributed by atoms with van der Waals surface area (Å²) >= 11 is 1.62. The molecule has 1 aromatic carbocycles. The van der Waals surface area contributed by atoms with Crippen molar-refractivity contribution in [1.29, 1.82) is 0 Å². The number of thiophene rings is 1. The fraction of sp³-hybridized carbons (Fsp3) is 0.429. The maximum Gasteiger partial charge on any atom is 0.226 e. The predicted octanol–water partition coefficient (Wildman–Crippen LogP) is 3.88. The van der Waals surface area contributed by atoms with Gasteiger partial charge >= 0.3 is 0 Å². The number of ether oxygens (including phenoxy) is 1. The van der Waals surface area contributed by atoms with E-state index in [9.17, 15) is 9.18 Å². The van der Waals surface area contributed by atoms with Crippen LogP contribution >= 0.6 is 11.3 Å². The van der Waals surface area contributed by atoms with Crippen LogP contribution in [0.1, 0.15) is 36.1 Å². The molecule has 2 aliphatic heterocycles. The summed E-state index contributed by atoms with van der Waals surface area (Å²) < 4.78 is 19.5. The lowest BCUT2D eigenvalue weighted by Gasteiger charge is -2.36. The van der Waals surface area contributed by atoms with Crippen molar-refractivity contribution in [2.24, 2.45) is 10.6 Å². The van der Waals surface area contributed by atoms with Gasteiger partial charge in [-0.3, -0.25) is 4.79 Å². The van der Waals surface area contributed by atoms with Crippen molar-refractivity contribution in [3.8, 4) is 0 Å². The van der Waals surface area contributed by atoms with Crippen molar-refractivity contribution in [2.45, 2.75) is 38.3 Å². The van der Waals surface area contributed by atoms with Gasteiger partial charge < -0.3 is 14.9 Å². The predicted molar refractivity (Wildman–Crippen MR) is 106 cm³/mol. The second-order valence-electron chi connectivity index (χ2n) is 7.31. The number of amides is 1. The Hall–Kier alpha value is -2.25. The first-order valence-electron chi connectivity index (χ1n) is 9.52. The molecular weight excluding hydrogens is 379 g/mol. The van der Waals surface area contributed by atoms with E-state index in [0.717, 1.165) is 4.88 Å². The maximum atomic E-state index is 14.0. The average molecular weight is 402 g/mol. The third-order valence-corrected chi connectivity index (χ3v) is 6.35. The Bertz CT molecular complexity index is 847. The van der Waals surface area contributed by atoms with Gasteiger partial charge in [-0.05, 0) is 30.4 Å². The molecule has 2 aliphatic rings. The Kier molecular flexibility index (Phi) is 5.73. The van der Waals surface area contributed by atoms with Gasteiger partial charge in [0, 0.05) is 36.5 Å². The van der Waals surface area contributed by atoms with E-state index in [2.05, 4.69) is 10.5 Å². The summed E-state index contributed by atoms with van der Waals surface area (Å²) in [4.78, 5) is 19.8. The molecule has 0 saturated carbocycles. The van der Waals surface area contributed by atoms with Crippen molar-refractivity contribution >= 4 is 23.0 Å². The van der Waals surface area contributed by atoms with E-state index in [0.29, 0.717) is 56.7 Å². The minimum Gasteiger partial charge on any atom is -0.392 e. The van der Waals surface area contributed by atoms with Gasteiger partial charge in [0.25, 0.3) is 0 Å². The first kappa shape index (κ1) is 19.1. The van der Waals surface area contributed by atoms with Gasteiger partial charge in [-0.1, -0.05) is 29.4 Å². The molecule has 0 aliphatic carbocycles. The van der Waals surface area contributed by atoms with Crippen molar-refractivity contribution in [3.05, 3.63) is 58.0 Å². The number of oxime groups is 1. The van der Waals surface area contributed by atoms with Gasteiger partial charge in [0.15, 0.2) is 0 Å². The van der Waals surface area contributed by atoms with E-state index in [1.807, 2.05) is 17.5 Å². The van der Waals surface area contributed by atoms with E-state index in [4.69, 9.17) is 9.57 Å². The summed E-state index contributed by atoms with van der Waals surface area (Å²) in [6.45, 7) is 1.64. The van der Waals surface area contributed by atoms with E-state index in [1.54, 1.807) is 29.5 Å². The number of hydrogen-bond donors (Lipinski definition) is 1. The maximum absolute atomic E-state index is 14.0. The lowest BCUT2D eigenvalue weighted by Crippen LogP contribution is -2.46. The van der Waals surface area contributed by atoms with Crippen LogP contribution in [0.25, 0.3) is 0 Å². The lowest BCUT2D eigenvalue weighted by molar-refractivity contribution is -0.140. The quantitative estimate of drug-likeness (QED) is 0.798. The van der Waals surface area contributed by atoms with Crippen LogP contribution in [0.15, 0.2) is 46.9 Å². The first-order chi connectivity index (χ1) is 13.7. The molecule has 7 heteroatoms. The average Bonchev–Trinajstić information content (AvgIpc) is 3.39. The Morgan fingerprint density at radius 1 is 1.25 bits per heavy atom. The highest BCUT2D eigenvalue weighted by Crippen LogP contribution is 2.39. The number of rotatable bonds is 6. The van der Waals surface area contributed by atoms with Crippen LogP contribution in [0.3, 0.4) is 0 Å². The zero-order valence-electron chi connectivity index (χ0n) is 15.5.